The number of carbonyl (C=O) groups excluding carboxylic acids is 4. The van der Waals surface area contributed by atoms with Crippen molar-refractivity contribution < 1.29 is 19.2 Å². The molecule has 8 heteroatoms. The fourth-order valence-electron chi connectivity index (χ4n) is 1.28. The second-order valence-corrected chi connectivity index (χ2v) is 4.41. The summed E-state index contributed by atoms with van der Waals surface area (Å²) in [4.78, 5) is 45.2. The Hall–Kier alpha value is -2.12. The summed E-state index contributed by atoms with van der Waals surface area (Å²) in [5, 5.41) is 9.27. The Morgan fingerprint density at radius 2 is 0.952 bits per heavy atom. The van der Waals surface area contributed by atoms with E-state index in [9.17, 15) is 19.2 Å². The van der Waals surface area contributed by atoms with Gasteiger partial charge < -0.3 is 21.3 Å². The van der Waals surface area contributed by atoms with Crippen molar-refractivity contribution in [3.05, 3.63) is 0 Å². The van der Waals surface area contributed by atoms with Crippen molar-refractivity contribution in [2.75, 3.05) is 19.8 Å². The van der Waals surface area contributed by atoms with Gasteiger partial charge in [-0.3, -0.25) is 19.2 Å². The molecule has 21 heavy (non-hydrogen) atoms. The molecule has 0 spiro atoms. The summed E-state index contributed by atoms with van der Waals surface area (Å²) < 4.78 is 0. The molecular formula is C13H24N4O4. The summed E-state index contributed by atoms with van der Waals surface area (Å²) >= 11 is 0. The van der Waals surface area contributed by atoms with Gasteiger partial charge in [0.25, 0.3) is 0 Å². The lowest BCUT2D eigenvalue weighted by Crippen LogP contribution is -2.48. The number of rotatable bonds is 8. The van der Waals surface area contributed by atoms with Gasteiger partial charge in [-0.1, -0.05) is 26.7 Å². The monoisotopic (exact) mass is 300 g/mol. The van der Waals surface area contributed by atoms with Gasteiger partial charge in [-0.15, -0.1) is 0 Å². The zero-order valence-electron chi connectivity index (χ0n) is 12.6. The lowest BCUT2D eigenvalue weighted by atomic mass is 10.3. The summed E-state index contributed by atoms with van der Waals surface area (Å²) in [7, 11) is 0. The van der Waals surface area contributed by atoms with Crippen LogP contribution in [0.15, 0.2) is 0 Å². The van der Waals surface area contributed by atoms with Crippen LogP contribution in [0.5, 0.6) is 0 Å². The van der Waals surface area contributed by atoms with Gasteiger partial charge in [0.1, 0.15) is 0 Å². The number of unbranched alkanes of at least 4 members (excludes halogenated alkanes) is 2. The Bertz CT molecular complexity index is 337. The highest BCUT2D eigenvalue weighted by Crippen LogP contribution is 1.83. The van der Waals surface area contributed by atoms with Crippen LogP contribution in [0.25, 0.3) is 0 Å². The maximum atomic E-state index is 11.3. The van der Waals surface area contributed by atoms with Gasteiger partial charge in [-0.2, -0.15) is 0 Å². The summed E-state index contributed by atoms with van der Waals surface area (Å²) in [6.45, 7) is 4.50. The molecule has 0 atom stereocenters. The normalized spacial score (nSPS) is 9.62. The smallest absolute Gasteiger partial charge is 0.310 e. The Kier molecular flexibility index (Phi) is 10.5. The molecule has 0 aliphatic heterocycles. The first kappa shape index (κ1) is 18.9. The predicted molar refractivity (Wildman–Crippen MR) is 77.0 cm³/mol. The Morgan fingerprint density at radius 1 is 0.619 bits per heavy atom. The van der Waals surface area contributed by atoms with Crippen molar-refractivity contribution in [1.29, 1.82) is 0 Å². The van der Waals surface area contributed by atoms with E-state index in [4.69, 9.17) is 0 Å². The molecule has 0 aliphatic carbocycles. The third-order valence-corrected chi connectivity index (χ3v) is 2.54. The van der Waals surface area contributed by atoms with Crippen molar-refractivity contribution in [2.45, 2.75) is 39.5 Å². The van der Waals surface area contributed by atoms with Crippen LogP contribution in [-0.2, 0) is 19.2 Å². The van der Waals surface area contributed by atoms with Gasteiger partial charge in [0.15, 0.2) is 0 Å². The van der Waals surface area contributed by atoms with Crippen LogP contribution in [0.2, 0.25) is 0 Å². The van der Waals surface area contributed by atoms with Crippen LogP contribution in [-0.4, -0.2) is 43.4 Å². The third kappa shape index (κ3) is 9.42. The van der Waals surface area contributed by atoms with E-state index in [2.05, 4.69) is 21.3 Å². The minimum Gasteiger partial charge on any atom is -0.348 e. The zero-order chi connectivity index (χ0) is 16.1. The van der Waals surface area contributed by atoms with Crippen LogP contribution in [0.3, 0.4) is 0 Å². The Morgan fingerprint density at radius 3 is 1.29 bits per heavy atom. The standard InChI is InChI=1S/C13H24N4O4/c1-3-5-7-14-10(18)12(20)16-9-17-13(21)11(19)15-8-6-4-2/h3-9H2,1-2H3,(H,14,18)(H,15,19)(H,16,20)(H,17,21). The SMILES string of the molecule is CCCCNC(=O)C(=O)NCNC(=O)C(=O)NCCCC. The molecule has 0 radical (unpaired) electrons. The molecule has 0 fully saturated rings. The van der Waals surface area contributed by atoms with E-state index in [1.54, 1.807) is 0 Å². The molecule has 0 aromatic heterocycles. The minimum absolute atomic E-state index is 0.278. The first-order chi connectivity index (χ1) is 10.0. The lowest BCUT2D eigenvalue weighted by Gasteiger charge is -2.08. The molecule has 0 aromatic rings. The van der Waals surface area contributed by atoms with Gasteiger partial charge in [0, 0.05) is 13.1 Å². The Labute approximate surface area is 124 Å². The molecule has 0 aromatic carbocycles. The predicted octanol–water partition coefficient (Wildman–Crippen LogP) is -0.991. The van der Waals surface area contributed by atoms with E-state index in [1.807, 2.05) is 13.8 Å². The number of hydrogen-bond donors (Lipinski definition) is 4. The molecule has 4 amide bonds. The molecule has 0 unspecified atom stereocenters. The molecule has 0 aliphatic rings. The van der Waals surface area contributed by atoms with Crippen LogP contribution in [0.4, 0.5) is 0 Å². The van der Waals surface area contributed by atoms with Gasteiger partial charge >= 0.3 is 23.6 Å². The number of carbonyl (C=O) groups is 4. The van der Waals surface area contributed by atoms with E-state index < -0.39 is 23.6 Å². The fraction of sp³-hybridized carbons (Fsp3) is 0.692. The highest BCUT2D eigenvalue weighted by molar-refractivity contribution is 6.36. The molecule has 0 heterocycles. The van der Waals surface area contributed by atoms with Crippen LogP contribution >= 0.6 is 0 Å². The van der Waals surface area contributed by atoms with Gasteiger partial charge in [0.05, 0.1) is 6.67 Å². The van der Waals surface area contributed by atoms with E-state index >= 15 is 0 Å². The quantitative estimate of drug-likeness (QED) is 0.261. The van der Waals surface area contributed by atoms with Crippen molar-refractivity contribution in [3.8, 4) is 0 Å². The second-order valence-electron chi connectivity index (χ2n) is 4.41. The first-order valence-electron chi connectivity index (χ1n) is 7.14. The van der Waals surface area contributed by atoms with Gasteiger partial charge in [-0.25, -0.2) is 0 Å². The fourth-order valence-corrected chi connectivity index (χ4v) is 1.28. The lowest BCUT2D eigenvalue weighted by molar-refractivity contribution is -0.140. The molecule has 0 saturated carbocycles. The van der Waals surface area contributed by atoms with Crippen molar-refractivity contribution in [2.24, 2.45) is 0 Å². The molecule has 8 nitrogen and oxygen atoms in total. The van der Waals surface area contributed by atoms with Crippen LogP contribution in [0.1, 0.15) is 39.5 Å². The number of hydrogen-bond acceptors (Lipinski definition) is 4. The van der Waals surface area contributed by atoms with E-state index in [-0.39, 0.29) is 6.67 Å². The summed E-state index contributed by atoms with van der Waals surface area (Å²) in [6, 6.07) is 0. The Balaban J connectivity index is 3.81. The second kappa shape index (κ2) is 11.7. The maximum absolute atomic E-state index is 11.3. The van der Waals surface area contributed by atoms with Crippen molar-refractivity contribution in [1.82, 2.24) is 21.3 Å². The zero-order valence-corrected chi connectivity index (χ0v) is 12.6. The minimum atomic E-state index is -0.849. The molecule has 0 saturated heterocycles. The van der Waals surface area contributed by atoms with Gasteiger partial charge in [-0.05, 0) is 12.8 Å². The molecule has 120 valence electrons. The first-order valence-corrected chi connectivity index (χ1v) is 7.14. The number of amides is 4. The maximum Gasteiger partial charge on any atom is 0.310 e. The van der Waals surface area contributed by atoms with E-state index in [1.165, 1.54) is 0 Å². The average molecular weight is 300 g/mol. The topological polar surface area (TPSA) is 116 Å². The highest BCUT2D eigenvalue weighted by atomic mass is 16.2. The van der Waals surface area contributed by atoms with E-state index in [0.717, 1.165) is 25.7 Å². The molecule has 4 N–H and O–H groups in total. The average Bonchev–Trinajstić information content (AvgIpc) is 2.47. The summed E-state index contributed by atoms with van der Waals surface area (Å²) in [6.07, 6.45) is 3.39. The van der Waals surface area contributed by atoms with Crippen molar-refractivity contribution >= 4 is 23.6 Å². The van der Waals surface area contributed by atoms with Crippen molar-refractivity contribution in [3.63, 3.8) is 0 Å². The molecule has 0 rings (SSSR count). The van der Waals surface area contributed by atoms with Crippen LogP contribution < -0.4 is 21.3 Å². The third-order valence-electron chi connectivity index (χ3n) is 2.54. The summed E-state index contributed by atoms with van der Waals surface area (Å²) in [5.41, 5.74) is 0. The molecule has 0 bridgehead atoms. The van der Waals surface area contributed by atoms with Crippen LogP contribution in [0, 0.1) is 0 Å². The van der Waals surface area contributed by atoms with E-state index in [0.29, 0.717) is 13.1 Å². The summed E-state index contributed by atoms with van der Waals surface area (Å²) in [5.74, 6) is -3.22. The number of nitrogens with one attached hydrogen (secondary N) is 4. The molecular weight excluding hydrogens is 276 g/mol. The highest BCUT2D eigenvalue weighted by Gasteiger charge is 2.14. The largest absolute Gasteiger partial charge is 0.348 e. The van der Waals surface area contributed by atoms with Gasteiger partial charge in [0.2, 0.25) is 0 Å².